The molecule has 1 aliphatic rings. The molecule has 0 radical (unpaired) electrons. The minimum absolute atomic E-state index is 0. The van der Waals surface area contributed by atoms with Crippen molar-refractivity contribution < 1.29 is 13.9 Å². The lowest BCUT2D eigenvalue weighted by Crippen LogP contribution is -2.43. The summed E-state index contributed by atoms with van der Waals surface area (Å²) in [5.74, 6) is 1.34. The van der Waals surface area contributed by atoms with Crippen LogP contribution in [-0.4, -0.2) is 61.3 Å². The normalized spacial score (nSPS) is 14.1. The third kappa shape index (κ3) is 5.89. The molecule has 1 aliphatic heterocycles. The lowest BCUT2D eigenvalue weighted by atomic mass is 10.2. The molecule has 0 spiro atoms. The molecule has 1 saturated heterocycles. The van der Waals surface area contributed by atoms with Gasteiger partial charge < -0.3 is 25.0 Å². The average molecular weight is 482 g/mol. The highest BCUT2D eigenvalue weighted by Crippen LogP contribution is 2.35. The number of piperazine rings is 1. The molecule has 10 heteroatoms. The van der Waals surface area contributed by atoms with Crippen molar-refractivity contribution >= 4 is 46.4 Å². The fraction of sp³-hybridized carbons (Fsp3) is 0.364. The van der Waals surface area contributed by atoms with E-state index in [1.165, 1.54) is 18.5 Å². The molecule has 3 aromatic rings. The van der Waals surface area contributed by atoms with Crippen LogP contribution in [0.3, 0.4) is 0 Å². The largest absolute Gasteiger partial charge is 0.493 e. The zero-order valence-corrected chi connectivity index (χ0v) is 19.3. The van der Waals surface area contributed by atoms with Crippen molar-refractivity contribution in [3.63, 3.8) is 0 Å². The smallest absolute Gasteiger partial charge is 0.162 e. The zero-order chi connectivity index (χ0) is 21.6. The highest BCUT2D eigenvalue weighted by atomic mass is 35.5. The predicted molar refractivity (Wildman–Crippen MR) is 127 cm³/mol. The van der Waals surface area contributed by atoms with Gasteiger partial charge in [-0.2, -0.15) is 0 Å². The Morgan fingerprint density at radius 1 is 1.16 bits per heavy atom. The molecule has 1 fully saturated rings. The quantitative estimate of drug-likeness (QED) is 0.465. The molecule has 0 unspecified atom stereocenters. The number of methoxy groups -OCH3 is 1. The molecule has 2 N–H and O–H groups in total. The summed E-state index contributed by atoms with van der Waals surface area (Å²) in [6, 6.07) is 8.12. The molecule has 1 aromatic heterocycles. The maximum Gasteiger partial charge on any atom is 0.162 e. The number of anilines is 2. The molecule has 2 heterocycles. The van der Waals surface area contributed by atoms with Crippen LogP contribution in [0.2, 0.25) is 5.02 Å². The number of nitrogens with zero attached hydrogens (tertiary/aromatic N) is 3. The molecule has 0 amide bonds. The van der Waals surface area contributed by atoms with Gasteiger partial charge in [0, 0.05) is 49.9 Å². The van der Waals surface area contributed by atoms with Crippen LogP contribution in [0.15, 0.2) is 36.7 Å². The Kier molecular flexibility index (Phi) is 8.69. The summed E-state index contributed by atoms with van der Waals surface area (Å²) in [5.41, 5.74) is 1.33. The first kappa shape index (κ1) is 24.3. The van der Waals surface area contributed by atoms with E-state index in [1.807, 2.05) is 12.1 Å². The van der Waals surface area contributed by atoms with Gasteiger partial charge in [-0.15, -0.1) is 12.4 Å². The van der Waals surface area contributed by atoms with Crippen LogP contribution in [0, 0.1) is 5.82 Å². The van der Waals surface area contributed by atoms with E-state index < -0.39 is 5.82 Å². The Labute approximate surface area is 197 Å². The first-order valence-corrected chi connectivity index (χ1v) is 10.6. The van der Waals surface area contributed by atoms with E-state index in [0.717, 1.165) is 44.5 Å². The fourth-order valence-electron chi connectivity index (χ4n) is 3.55. The molecule has 2 aromatic carbocycles. The molecule has 172 valence electrons. The SMILES string of the molecule is COc1cc2ncnc(Nc3ccc(F)c(Cl)c3)c2cc1OCCCN1CCNCC1.Cl. The number of hydrogen-bond donors (Lipinski definition) is 2. The monoisotopic (exact) mass is 481 g/mol. The van der Waals surface area contributed by atoms with Crippen molar-refractivity contribution in [3.8, 4) is 11.5 Å². The van der Waals surface area contributed by atoms with Crippen LogP contribution < -0.4 is 20.1 Å². The van der Waals surface area contributed by atoms with Gasteiger partial charge in [-0.25, -0.2) is 14.4 Å². The molecular formula is C22H26Cl2FN5O2. The lowest BCUT2D eigenvalue weighted by Gasteiger charge is -2.27. The second kappa shape index (κ2) is 11.5. The summed E-state index contributed by atoms with van der Waals surface area (Å²) < 4.78 is 25.0. The van der Waals surface area contributed by atoms with Gasteiger partial charge in [-0.3, -0.25) is 0 Å². The number of fused-ring (bicyclic) bond motifs is 1. The van der Waals surface area contributed by atoms with Gasteiger partial charge in [0.25, 0.3) is 0 Å². The van der Waals surface area contributed by atoms with E-state index in [1.54, 1.807) is 13.2 Å². The third-order valence-corrected chi connectivity index (χ3v) is 5.48. The summed E-state index contributed by atoms with van der Waals surface area (Å²) in [4.78, 5) is 11.1. The fourth-order valence-corrected chi connectivity index (χ4v) is 3.73. The van der Waals surface area contributed by atoms with E-state index in [4.69, 9.17) is 21.1 Å². The summed E-state index contributed by atoms with van der Waals surface area (Å²) in [7, 11) is 1.61. The minimum atomic E-state index is -0.471. The summed E-state index contributed by atoms with van der Waals surface area (Å²) in [6.07, 6.45) is 2.38. The van der Waals surface area contributed by atoms with Crippen molar-refractivity contribution in [3.05, 3.63) is 47.5 Å². The standard InChI is InChI=1S/C22H25ClFN5O2.ClH/c1-30-20-13-19-16(12-21(20)31-10-2-7-29-8-5-25-6-9-29)22(27-14-26-19)28-15-3-4-18(24)17(23)11-15;/h3-4,11-14,25H,2,5-10H2,1H3,(H,26,27,28);1H. The van der Waals surface area contributed by atoms with Crippen LogP contribution in [0.1, 0.15) is 6.42 Å². The zero-order valence-electron chi connectivity index (χ0n) is 17.7. The van der Waals surface area contributed by atoms with Crippen LogP contribution >= 0.6 is 24.0 Å². The van der Waals surface area contributed by atoms with Crippen LogP contribution in [-0.2, 0) is 0 Å². The maximum absolute atomic E-state index is 13.5. The van der Waals surface area contributed by atoms with Crippen molar-refractivity contribution in [2.75, 3.05) is 51.8 Å². The molecule has 4 rings (SSSR count). The molecule has 0 atom stereocenters. The molecule has 0 saturated carbocycles. The first-order valence-electron chi connectivity index (χ1n) is 10.2. The van der Waals surface area contributed by atoms with Crippen molar-refractivity contribution in [1.29, 1.82) is 0 Å². The Balaban J connectivity index is 0.00000289. The molecule has 7 nitrogen and oxygen atoms in total. The van der Waals surface area contributed by atoms with Gasteiger partial charge in [-0.1, -0.05) is 11.6 Å². The van der Waals surface area contributed by atoms with Crippen molar-refractivity contribution in [1.82, 2.24) is 20.2 Å². The van der Waals surface area contributed by atoms with E-state index in [2.05, 4.69) is 25.5 Å². The van der Waals surface area contributed by atoms with Crippen LogP contribution in [0.25, 0.3) is 10.9 Å². The number of rotatable bonds is 8. The first-order chi connectivity index (χ1) is 15.1. The Bertz CT molecular complexity index is 1050. The molecular weight excluding hydrogens is 456 g/mol. The number of hydrogen-bond acceptors (Lipinski definition) is 7. The predicted octanol–water partition coefficient (Wildman–Crippen LogP) is 4.27. The number of halogens is 3. The Morgan fingerprint density at radius 3 is 2.72 bits per heavy atom. The van der Waals surface area contributed by atoms with E-state index in [0.29, 0.717) is 35.1 Å². The summed E-state index contributed by atoms with van der Waals surface area (Å²) >= 11 is 5.90. The average Bonchev–Trinajstić information content (AvgIpc) is 2.79. The molecule has 0 bridgehead atoms. The highest BCUT2D eigenvalue weighted by Gasteiger charge is 2.13. The third-order valence-electron chi connectivity index (χ3n) is 5.19. The number of benzene rings is 2. The Morgan fingerprint density at radius 2 is 1.97 bits per heavy atom. The maximum atomic E-state index is 13.5. The van der Waals surface area contributed by atoms with Gasteiger partial charge in [-0.05, 0) is 30.7 Å². The topological polar surface area (TPSA) is 71.5 Å². The summed E-state index contributed by atoms with van der Waals surface area (Å²) in [5, 5.41) is 7.34. The van der Waals surface area contributed by atoms with Gasteiger partial charge in [0.05, 0.1) is 24.3 Å². The van der Waals surface area contributed by atoms with Crippen molar-refractivity contribution in [2.45, 2.75) is 6.42 Å². The van der Waals surface area contributed by atoms with Crippen LogP contribution in [0.4, 0.5) is 15.9 Å². The molecule has 0 aliphatic carbocycles. The van der Waals surface area contributed by atoms with Crippen LogP contribution in [0.5, 0.6) is 11.5 Å². The molecule has 32 heavy (non-hydrogen) atoms. The van der Waals surface area contributed by atoms with E-state index >= 15 is 0 Å². The number of nitrogens with one attached hydrogen (secondary N) is 2. The van der Waals surface area contributed by atoms with Crippen molar-refractivity contribution in [2.24, 2.45) is 0 Å². The minimum Gasteiger partial charge on any atom is -0.493 e. The highest BCUT2D eigenvalue weighted by molar-refractivity contribution is 6.31. The van der Waals surface area contributed by atoms with Gasteiger partial charge in [0.2, 0.25) is 0 Å². The van der Waals surface area contributed by atoms with Gasteiger partial charge in [0.15, 0.2) is 11.5 Å². The Hall–Kier alpha value is -2.39. The van der Waals surface area contributed by atoms with Gasteiger partial charge in [0.1, 0.15) is 18.0 Å². The second-order valence-corrected chi connectivity index (χ2v) is 7.70. The second-order valence-electron chi connectivity index (χ2n) is 7.29. The van der Waals surface area contributed by atoms with E-state index in [-0.39, 0.29) is 17.4 Å². The number of aromatic nitrogens is 2. The lowest BCUT2D eigenvalue weighted by molar-refractivity contribution is 0.211. The number of ether oxygens (including phenoxy) is 2. The summed E-state index contributed by atoms with van der Waals surface area (Å²) in [6.45, 7) is 5.79. The van der Waals surface area contributed by atoms with Gasteiger partial charge >= 0.3 is 0 Å². The van der Waals surface area contributed by atoms with E-state index in [9.17, 15) is 4.39 Å².